The number of aryl methyl sites for hydroxylation is 1. The Kier molecular flexibility index (Phi) is 4.57. The Morgan fingerprint density at radius 2 is 2.00 bits per heavy atom. The lowest BCUT2D eigenvalue weighted by Gasteiger charge is -2.08. The van der Waals surface area contributed by atoms with Crippen LogP contribution in [0.5, 0.6) is 0 Å². The number of carbonyl (C=O) groups is 1. The number of carbonyl (C=O) groups excluding carboxylic acids is 1. The lowest BCUT2D eigenvalue weighted by Crippen LogP contribution is -2.13. The summed E-state index contributed by atoms with van der Waals surface area (Å²) >= 11 is 5.33. The number of hydrogen-bond acceptors (Lipinski definition) is 1. The fraction of sp³-hybridized carbons (Fsp3) is 0.0714. The minimum absolute atomic E-state index is 0.248. The number of amides is 1. The summed E-state index contributed by atoms with van der Waals surface area (Å²) in [6.45, 7) is 1.95. The lowest BCUT2D eigenvalue weighted by molar-refractivity contribution is 0.102. The second-order valence-electron chi connectivity index (χ2n) is 4.10. The molecule has 0 spiro atoms. The highest BCUT2D eigenvalue weighted by atomic mass is 127. The molecule has 0 fully saturated rings. The van der Waals surface area contributed by atoms with Crippen LogP contribution >= 0.6 is 38.5 Å². The summed E-state index contributed by atoms with van der Waals surface area (Å²) in [5.41, 5.74) is 2.20. The summed E-state index contributed by atoms with van der Waals surface area (Å²) in [6, 6.07) is 9.75. The van der Waals surface area contributed by atoms with Gasteiger partial charge in [-0.15, -0.1) is 0 Å². The largest absolute Gasteiger partial charge is 0.322 e. The predicted octanol–water partition coefficient (Wildman–Crippen LogP) is 4.75. The molecule has 0 saturated carbocycles. The minimum atomic E-state index is -0.348. The van der Waals surface area contributed by atoms with Crippen molar-refractivity contribution in [1.29, 1.82) is 0 Å². The van der Waals surface area contributed by atoms with E-state index in [1.165, 1.54) is 18.2 Å². The van der Waals surface area contributed by atoms with Crippen molar-refractivity contribution in [3.05, 3.63) is 61.4 Å². The Morgan fingerprint density at radius 3 is 2.63 bits per heavy atom. The van der Waals surface area contributed by atoms with Gasteiger partial charge in [-0.3, -0.25) is 4.79 Å². The molecule has 98 valence electrons. The third-order valence-corrected chi connectivity index (χ3v) is 3.83. The molecule has 0 aromatic heterocycles. The maximum atomic E-state index is 13.0. The molecule has 5 heteroatoms. The van der Waals surface area contributed by atoms with Gasteiger partial charge in [0.15, 0.2) is 0 Å². The van der Waals surface area contributed by atoms with Crippen LogP contribution in [-0.4, -0.2) is 5.91 Å². The van der Waals surface area contributed by atoms with Gasteiger partial charge < -0.3 is 5.32 Å². The maximum absolute atomic E-state index is 13.0. The van der Waals surface area contributed by atoms with E-state index in [1.54, 1.807) is 0 Å². The van der Waals surface area contributed by atoms with Crippen LogP contribution in [0.4, 0.5) is 10.1 Å². The SMILES string of the molecule is Cc1cc(Br)cc(NC(=O)c2ccc(F)cc2I)c1. The van der Waals surface area contributed by atoms with Gasteiger partial charge in [0.1, 0.15) is 5.82 Å². The Morgan fingerprint density at radius 1 is 1.26 bits per heavy atom. The van der Waals surface area contributed by atoms with Gasteiger partial charge in [0.2, 0.25) is 0 Å². The molecule has 2 aromatic rings. The minimum Gasteiger partial charge on any atom is -0.322 e. The monoisotopic (exact) mass is 433 g/mol. The van der Waals surface area contributed by atoms with E-state index in [4.69, 9.17) is 0 Å². The first-order chi connectivity index (χ1) is 8.95. The normalized spacial score (nSPS) is 10.3. The molecule has 0 unspecified atom stereocenters. The van der Waals surface area contributed by atoms with Gasteiger partial charge in [-0.05, 0) is 71.5 Å². The first-order valence-corrected chi connectivity index (χ1v) is 7.36. The highest BCUT2D eigenvalue weighted by Gasteiger charge is 2.11. The van der Waals surface area contributed by atoms with E-state index in [0.717, 1.165) is 10.0 Å². The Bertz CT molecular complexity index is 625. The second-order valence-corrected chi connectivity index (χ2v) is 6.17. The number of nitrogens with one attached hydrogen (secondary N) is 1. The van der Waals surface area contributed by atoms with E-state index in [1.807, 2.05) is 47.7 Å². The molecule has 1 N–H and O–H groups in total. The van der Waals surface area contributed by atoms with Crippen LogP contribution in [0.25, 0.3) is 0 Å². The Hall–Kier alpha value is -0.950. The van der Waals surface area contributed by atoms with Crippen molar-refractivity contribution in [3.63, 3.8) is 0 Å². The summed E-state index contributed by atoms with van der Waals surface area (Å²) < 4.78 is 14.5. The molecule has 2 rings (SSSR count). The Labute approximate surface area is 132 Å². The molecule has 0 aliphatic heterocycles. The molecule has 1 amide bonds. The van der Waals surface area contributed by atoms with Gasteiger partial charge in [0, 0.05) is 13.7 Å². The third-order valence-electron chi connectivity index (χ3n) is 2.48. The van der Waals surface area contributed by atoms with Gasteiger partial charge in [0.25, 0.3) is 5.91 Å². The van der Waals surface area contributed by atoms with E-state index in [0.29, 0.717) is 14.8 Å². The standard InChI is InChI=1S/C14H10BrFINO/c1-8-4-9(15)6-11(5-8)18-14(19)12-3-2-10(16)7-13(12)17/h2-7H,1H3,(H,18,19). The molecule has 19 heavy (non-hydrogen) atoms. The average molecular weight is 434 g/mol. The lowest BCUT2D eigenvalue weighted by atomic mass is 10.2. The van der Waals surface area contributed by atoms with Gasteiger partial charge in [-0.2, -0.15) is 0 Å². The van der Waals surface area contributed by atoms with Crippen molar-refractivity contribution in [2.45, 2.75) is 6.92 Å². The molecule has 2 nitrogen and oxygen atoms in total. The van der Waals surface area contributed by atoms with Crippen LogP contribution in [0.15, 0.2) is 40.9 Å². The van der Waals surface area contributed by atoms with Gasteiger partial charge >= 0.3 is 0 Å². The van der Waals surface area contributed by atoms with Crippen LogP contribution in [-0.2, 0) is 0 Å². The predicted molar refractivity (Wildman–Crippen MR) is 85.9 cm³/mol. The summed E-state index contributed by atoms with van der Waals surface area (Å²) in [6.07, 6.45) is 0. The molecule has 0 atom stereocenters. The average Bonchev–Trinajstić information content (AvgIpc) is 2.26. The fourth-order valence-electron chi connectivity index (χ4n) is 1.68. The summed E-state index contributed by atoms with van der Waals surface area (Å²) in [5, 5.41) is 2.80. The summed E-state index contributed by atoms with van der Waals surface area (Å²) in [5.74, 6) is -0.596. The van der Waals surface area contributed by atoms with Crippen LogP contribution in [0, 0.1) is 16.3 Å². The maximum Gasteiger partial charge on any atom is 0.256 e. The molecule has 0 heterocycles. The second kappa shape index (κ2) is 6.00. The van der Waals surface area contributed by atoms with Crippen LogP contribution in [0.2, 0.25) is 0 Å². The van der Waals surface area contributed by atoms with Gasteiger partial charge in [-0.25, -0.2) is 4.39 Å². The zero-order valence-electron chi connectivity index (χ0n) is 10.0. The van der Waals surface area contributed by atoms with Crippen molar-refractivity contribution in [3.8, 4) is 0 Å². The number of halogens is 3. The number of hydrogen-bond donors (Lipinski definition) is 1. The van der Waals surface area contributed by atoms with Crippen LogP contribution in [0.3, 0.4) is 0 Å². The first kappa shape index (κ1) is 14.5. The molecule has 0 bridgehead atoms. The first-order valence-electron chi connectivity index (χ1n) is 5.49. The Balaban J connectivity index is 2.25. The van der Waals surface area contributed by atoms with Crippen molar-refractivity contribution in [2.24, 2.45) is 0 Å². The molecule has 0 aliphatic rings. The zero-order chi connectivity index (χ0) is 14.0. The number of benzene rings is 2. The van der Waals surface area contributed by atoms with E-state index < -0.39 is 0 Å². The topological polar surface area (TPSA) is 29.1 Å². The molecule has 0 aliphatic carbocycles. The van der Waals surface area contributed by atoms with Crippen molar-refractivity contribution >= 4 is 50.1 Å². The molecular formula is C14H10BrFINO. The third kappa shape index (κ3) is 3.76. The van der Waals surface area contributed by atoms with Crippen molar-refractivity contribution < 1.29 is 9.18 Å². The van der Waals surface area contributed by atoms with Crippen LogP contribution < -0.4 is 5.32 Å². The summed E-state index contributed by atoms with van der Waals surface area (Å²) in [7, 11) is 0. The smallest absolute Gasteiger partial charge is 0.256 e. The highest BCUT2D eigenvalue weighted by Crippen LogP contribution is 2.21. The molecule has 2 aromatic carbocycles. The van der Waals surface area contributed by atoms with E-state index in [-0.39, 0.29) is 11.7 Å². The molecule has 0 saturated heterocycles. The summed E-state index contributed by atoms with van der Waals surface area (Å²) in [4.78, 5) is 12.1. The zero-order valence-corrected chi connectivity index (χ0v) is 13.7. The van der Waals surface area contributed by atoms with Crippen LogP contribution in [0.1, 0.15) is 15.9 Å². The molecule has 0 radical (unpaired) electrons. The fourth-order valence-corrected chi connectivity index (χ4v) is 3.01. The van der Waals surface area contributed by atoms with Crippen molar-refractivity contribution in [2.75, 3.05) is 5.32 Å². The highest BCUT2D eigenvalue weighted by molar-refractivity contribution is 14.1. The van der Waals surface area contributed by atoms with E-state index in [9.17, 15) is 9.18 Å². The van der Waals surface area contributed by atoms with E-state index >= 15 is 0 Å². The van der Waals surface area contributed by atoms with Gasteiger partial charge in [0.05, 0.1) is 5.56 Å². The quantitative estimate of drug-likeness (QED) is 0.680. The van der Waals surface area contributed by atoms with Crippen molar-refractivity contribution in [1.82, 2.24) is 0 Å². The number of rotatable bonds is 2. The van der Waals surface area contributed by atoms with Gasteiger partial charge in [-0.1, -0.05) is 15.9 Å². The number of anilines is 1. The molecular weight excluding hydrogens is 424 g/mol. The van der Waals surface area contributed by atoms with E-state index in [2.05, 4.69) is 21.2 Å².